The summed E-state index contributed by atoms with van der Waals surface area (Å²) in [6, 6.07) is 9.16. The fraction of sp³-hybridized carbons (Fsp3) is 0.611. The van der Waals surface area contributed by atoms with Gasteiger partial charge in [-0.25, -0.2) is 0 Å². The normalized spacial score (nSPS) is 23.9. The maximum atomic E-state index is 12.5. The molecule has 2 fully saturated rings. The summed E-state index contributed by atoms with van der Waals surface area (Å²) in [5, 5.41) is 3.32. The largest absolute Gasteiger partial charge is 0.339 e. The zero-order chi connectivity index (χ0) is 16.2. The highest BCUT2D eigenvalue weighted by Gasteiger charge is 2.30. The number of carbonyl (C=O) groups excluding carboxylic acids is 1. The van der Waals surface area contributed by atoms with E-state index in [0.29, 0.717) is 11.9 Å². The number of halogens is 1. The molecule has 2 heterocycles. The van der Waals surface area contributed by atoms with E-state index in [9.17, 15) is 4.79 Å². The molecule has 23 heavy (non-hydrogen) atoms. The molecule has 126 valence electrons. The van der Waals surface area contributed by atoms with Crippen LogP contribution in [-0.4, -0.2) is 54.5 Å². The maximum Gasteiger partial charge on any atom is 0.239 e. The van der Waals surface area contributed by atoms with Crippen LogP contribution < -0.4 is 5.32 Å². The van der Waals surface area contributed by atoms with E-state index >= 15 is 0 Å². The molecule has 3 rings (SSSR count). The number of hydrogen-bond acceptors (Lipinski definition) is 3. The lowest BCUT2D eigenvalue weighted by Crippen LogP contribution is -2.53. The van der Waals surface area contributed by atoms with Gasteiger partial charge in [-0.1, -0.05) is 35.0 Å². The number of hydrogen-bond donors (Lipinski definition) is 1. The van der Waals surface area contributed by atoms with Crippen LogP contribution in [0.15, 0.2) is 28.7 Å². The van der Waals surface area contributed by atoms with Gasteiger partial charge in [0.2, 0.25) is 5.91 Å². The number of amides is 1. The Bertz CT molecular complexity index is 520. The number of carbonyl (C=O) groups is 1. The first-order valence-corrected chi connectivity index (χ1v) is 9.50. The molecule has 2 atom stereocenters. The third-order valence-electron chi connectivity index (χ3n) is 5.07. The maximum absolute atomic E-state index is 12.5. The van der Waals surface area contributed by atoms with E-state index in [0.717, 1.165) is 56.5 Å². The number of nitrogens with zero attached hydrogens (tertiary/aromatic N) is 2. The van der Waals surface area contributed by atoms with Crippen LogP contribution in [0.3, 0.4) is 0 Å². The zero-order valence-corrected chi connectivity index (χ0v) is 15.4. The van der Waals surface area contributed by atoms with Gasteiger partial charge in [-0.2, -0.15) is 0 Å². The van der Waals surface area contributed by atoms with Crippen molar-refractivity contribution in [1.29, 1.82) is 0 Å². The Morgan fingerprint density at radius 3 is 2.52 bits per heavy atom. The molecule has 0 spiro atoms. The summed E-state index contributed by atoms with van der Waals surface area (Å²) >= 11 is 3.50. The highest BCUT2D eigenvalue weighted by Crippen LogP contribution is 2.26. The Hall–Kier alpha value is -0.910. The van der Waals surface area contributed by atoms with Gasteiger partial charge in [-0.15, -0.1) is 0 Å². The molecule has 1 amide bonds. The minimum Gasteiger partial charge on any atom is -0.339 e. The predicted molar refractivity (Wildman–Crippen MR) is 96.4 cm³/mol. The minimum absolute atomic E-state index is 0.0648. The van der Waals surface area contributed by atoms with Crippen LogP contribution in [0.5, 0.6) is 0 Å². The summed E-state index contributed by atoms with van der Waals surface area (Å²) in [6.45, 7) is 6.86. The molecule has 0 bridgehead atoms. The van der Waals surface area contributed by atoms with Crippen LogP contribution in [0.25, 0.3) is 0 Å². The third kappa shape index (κ3) is 3.95. The highest BCUT2D eigenvalue weighted by atomic mass is 79.9. The van der Waals surface area contributed by atoms with Gasteiger partial charge in [0, 0.05) is 36.7 Å². The van der Waals surface area contributed by atoms with Gasteiger partial charge in [0.25, 0.3) is 0 Å². The minimum atomic E-state index is 0.0648. The molecule has 0 radical (unpaired) electrons. The van der Waals surface area contributed by atoms with Crippen LogP contribution in [0, 0.1) is 0 Å². The van der Waals surface area contributed by atoms with E-state index in [4.69, 9.17) is 0 Å². The molecular formula is C18H26BrN3O. The molecule has 0 aliphatic carbocycles. The predicted octanol–water partition coefficient (Wildman–Crippen LogP) is 2.80. The van der Waals surface area contributed by atoms with Gasteiger partial charge >= 0.3 is 0 Å². The standard InChI is InChI=1S/C18H26BrN3O/c1-2-17(14-5-7-15(19)8-6-14)21-10-12-22(13-11-21)18(23)16-4-3-9-20-16/h5-8,16-17,20H,2-4,9-13H2,1H3. The van der Waals surface area contributed by atoms with Crippen molar-refractivity contribution < 1.29 is 4.79 Å². The van der Waals surface area contributed by atoms with Crippen LogP contribution in [0.4, 0.5) is 0 Å². The second-order valence-electron chi connectivity index (χ2n) is 6.49. The van der Waals surface area contributed by atoms with Crippen molar-refractivity contribution in [2.24, 2.45) is 0 Å². The van der Waals surface area contributed by atoms with E-state index in [1.807, 2.05) is 4.90 Å². The summed E-state index contributed by atoms with van der Waals surface area (Å²) in [4.78, 5) is 17.1. The van der Waals surface area contributed by atoms with Gasteiger partial charge in [0.05, 0.1) is 6.04 Å². The van der Waals surface area contributed by atoms with E-state index in [2.05, 4.69) is 57.3 Å². The Labute approximate surface area is 147 Å². The van der Waals surface area contributed by atoms with E-state index < -0.39 is 0 Å². The van der Waals surface area contributed by atoms with Crippen LogP contribution in [-0.2, 0) is 4.79 Å². The van der Waals surface area contributed by atoms with Gasteiger partial charge < -0.3 is 10.2 Å². The van der Waals surface area contributed by atoms with E-state index in [1.165, 1.54) is 5.56 Å². The Kier molecular flexibility index (Phi) is 5.72. The Balaban J connectivity index is 1.58. The van der Waals surface area contributed by atoms with Crippen molar-refractivity contribution in [3.8, 4) is 0 Å². The van der Waals surface area contributed by atoms with Gasteiger partial charge in [0.15, 0.2) is 0 Å². The van der Waals surface area contributed by atoms with Crippen LogP contribution >= 0.6 is 15.9 Å². The second kappa shape index (κ2) is 7.77. The molecule has 5 heteroatoms. The summed E-state index contributed by atoms with van der Waals surface area (Å²) in [6.07, 6.45) is 3.22. The molecule has 1 aromatic rings. The third-order valence-corrected chi connectivity index (χ3v) is 5.60. The number of nitrogens with one attached hydrogen (secondary N) is 1. The molecular weight excluding hydrogens is 354 g/mol. The SMILES string of the molecule is CCC(c1ccc(Br)cc1)N1CCN(C(=O)C2CCCN2)CC1. The van der Waals surface area contributed by atoms with Gasteiger partial charge in [-0.05, 0) is 43.5 Å². The lowest BCUT2D eigenvalue weighted by atomic mass is 10.0. The zero-order valence-electron chi connectivity index (χ0n) is 13.8. The lowest BCUT2D eigenvalue weighted by Gasteiger charge is -2.40. The fourth-order valence-electron chi connectivity index (χ4n) is 3.76. The Morgan fingerprint density at radius 2 is 1.96 bits per heavy atom. The van der Waals surface area contributed by atoms with Crippen molar-refractivity contribution >= 4 is 21.8 Å². The van der Waals surface area contributed by atoms with E-state index in [1.54, 1.807) is 0 Å². The summed E-state index contributed by atoms with van der Waals surface area (Å²) in [5.41, 5.74) is 1.37. The molecule has 0 saturated carbocycles. The average molecular weight is 380 g/mol. The summed E-state index contributed by atoms with van der Waals surface area (Å²) in [7, 11) is 0. The van der Waals surface area contributed by atoms with Crippen LogP contribution in [0.1, 0.15) is 37.8 Å². The quantitative estimate of drug-likeness (QED) is 0.873. The molecule has 2 saturated heterocycles. The Morgan fingerprint density at radius 1 is 1.26 bits per heavy atom. The highest BCUT2D eigenvalue weighted by molar-refractivity contribution is 9.10. The molecule has 1 N–H and O–H groups in total. The molecule has 1 aromatic carbocycles. The van der Waals surface area contributed by atoms with Crippen molar-refractivity contribution in [3.05, 3.63) is 34.3 Å². The van der Waals surface area contributed by atoms with Crippen molar-refractivity contribution in [3.63, 3.8) is 0 Å². The average Bonchev–Trinajstić information content (AvgIpc) is 3.12. The first kappa shape index (κ1) is 16.9. The van der Waals surface area contributed by atoms with Crippen molar-refractivity contribution in [2.75, 3.05) is 32.7 Å². The van der Waals surface area contributed by atoms with E-state index in [-0.39, 0.29) is 6.04 Å². The molecule has 0 aromatic heterocycles. The number of piperazine rings is 1. The molecule has 2 aliphatic heterocycles. The van der Waals surface area contributed by atoms with Crippen molar-refractivity contribution in [2.45, 2.75) is 38.3 Å². The molecule has 2 unspecified atom stereocenters. The number of rotatable bonds is 4. The second-order valence-corrected chi connectivity index (χ2v) is 7.40. The van der Waals surface area contributed by atoms with Crippen molar-refractivity contribution in [1.82, 2.24) is 15.1 Å². The molecule has 2 aliphatic rings. The topological polar surface area (TPSA) is 35.6 Å². The number of benzene rings is 1. The lowest BCUT2D eigenvalue weighted by molar-refractivity contribution is -0.135. The smallest absolute Gasteiger partial charge is 0.239 e. The summed E-state index contributed by atoms with van der Waals surface area (Å²) < 4.78 is 1.12. The van der Waals surface area contributed by atoms with Gasteiger partial charge in [-0.3, -0.25) is 9.69 Å². The van der Waals surface area contributed by atoms with Gasteiger partial charge in [0.1, 0.15) is 0 Å². The first-order valence-electron chi connectivity index (χ1n) is 8.70. The molecule has 4 nitrogen and oxygen atoms in total. The first-order chi connectivity index (χ1) is 11.2. The fourth-order valence-corrected chi connectivity index (χ4v) is 4.02. The van der Waals surface area contributed by atoms with Crippen LogP contribution in [0.2, 0.25) is 0 Å². The summed E-state index contributed by atoms with van der Waals surface area (Å²) in [5.74, 6) is 0.304. The monoisotopic (exact) mass is 379 g/mol.